The van der Waals surface area contributed by atoms with E-state index >= 15 is 0 Å². The van der Waals surface area contributed by atoms with Crippen LogP contribution in [0.2, 0.25) is 0 Å². The van der Waals surface area contributed by atoms with E-state index in [9.17, 15) is 9.59 Å². The van der Waals surface area contributed by atoms with Gasteiger partial charge < -0.3 is 20.1 Å². The molecule has 0 spiro atoms. The zero-order chi connectivity index (χ0) is 13.5. The zero-order valence-electron chi connectivity index (χ0n) is 11.0. The van der Waals surface area contributed by atoms with Gasteiger partial charge in [-0.25, -0.2) is 4.79 Å². The molecule has 0 radical (unpaired) electrons. The molecule has 2 atom stereocenters. The first kappa shape index (κ1) is 14.8. The summed E-state index contributed by atoms with van der Waals surface area (Å²) in [5, 5.41) is 12.4. The monoisotopic (exact) mass is 258 g/mol. The molecule has 2 unspecified atom stereocenters. The lowest BCUT2D eigenvalue weighted by molar-refractivity contribution is -0.143. The van der Waals surface area contributed by atoms with E-state index in [-0.39, 0.29) is 12.6 Å². The molecule has 1 heterocycles. The molecule has 6 nitrogen and oxygen atoms in total. The van der Waals surface area contributed by atoms with Crippen molar-refractivity contribution in [2.75, 3.05) is 26.2 Å². The van der Waals surface area contributed by atoms with E-state index in [1.165, 1.54) is 4.90 Å². The van der Waals surface area contributed by atoms with Crippen molar-refractivity contribution >= 4 is 12.1 Å². The van der Waals surface area contributed by atoms with Gasteiger partial charge in [-0.15, -0.1) is 0 Å². The number of carboxylic acid groups (broad SMARTS) is 1. The molecule has 0 aromatic rings. The Balaban J connectivity index is 2.61. The number of hydrogen-bond donors (Lipinski definition) is 2. The van der Waals surface area contributed by atoms with Crippen LogP contribution in [0, 0.1) is 5.92 Å². The van der Waals surface area contributed by atoms with E-state index in [0.29, 0.717) is 19.6 Å². The molecule has 0 aliphatic carbocycles. The summed E-state index contributed by atoms with van der Waals surface area (Å²) in [7, 11) is 0. The van der Waals surface area contributed by atoms with Crippen LogP contribution in [0.1, 0.15) is 26.7 Å². The third-order valence-electron chi connectivity index (χ3n) is 3.01. The number of likely N-dealkylation sites (tertiary alicyclic amines) is 1. The van der Waals surface area contributed by atoms with Crippen LogP contribution in [0.25, 0.3) is 0 Å². The normalized spacial score (nSPS) is 23.8. The minimum atomic E-state index is -0.854. The number of nitrogens with zero attached hydrogens (tertiary/aromatic N) is 1. The van der Waals surface area contributed by atoms with E-state index in [1.807, 2.05) is 6.92 Å². The maximum Gasteiger partial charge on any atom is 0.409 e. The summed E-state index contributed by atoms with van der Waals surface area (Å²) in [4.78, 5) is 24.2. The maximum absolute atomic E-state index is 11.7. The van der Waals surface area contributed by atoms with Gasteiger partial charge in [0.2, 0.25) is 0 Å². The molecule has 1 fully saturated rings. The highest BCUT2D eigenvalue weighted by Gasteiger charge is 2.34. The van der Waals surface area contributed by atoms with Gasteiger partial charge in [-0.2, -0.15) is 0 Å². The number of nitrogens with one attached hydrogen (secondary N) is 1. The fourth-order valence-electron chi connectivity index (χ4n) is 2.14. The van der Waals surface area contributed by atoms with Crippen LogP contribution in [0.4, 0.5) is 4.79 Å². The largest absolute Gasteiger partial charge is 0.481 e. The number of ether oxygens (including phenoxy) is 1. The summed E-state index contributed by atoms with van der Waals surface area (Å²) in [6.45, 7) is 5.67. The van der Waals surface area contributed by atoms with Gasteiger partial charge in [0.1, 0.15) is 0 Å². The molecule has 0 saturated carbocycles. The predicted molar refractivity (Wildman–Crippen MR) is 66.4 cm³/mol. The van der Waals surface area contributed by atoms with Crippen LogP contribution in [-0.2, 0) is 9.53 Å². The summed E-state index contributed by atoms with van der Waals surface area (Å²) in [6.07, 6.45) is 1.12. The van der Waals surface area contributed by atoms with Crippen molar-refractivity contribution in [3.05, 3.63) is 0 Å². The number of hydrogen-bond acceptors (Lipinski definition) is 4. The molecule has 1 aliphatic rings. The molecule has 104 valence electrons. The van der Waals surface area contributed by atoms with Crippen LogP contribution >= 0.6 is 0 Å². The number of carbonyl (C=O) groups excluding carboxylic acids is 1. The first-order valence-corrected chi connectivity index (χ1v) is 6.46. The number of aliphatic carboxylic acids is 1. The molecule has 1 aliphatic heterocycles. The Hall–Kier alpha value is -1.30. The van der Waals surface area contributed by atoms with Crippen molar-refractivity contribution in [3.8, 4) is 0 Å². The number of carbonyl (C=O) groups is 2. The van der Waals surface area contributed by atoms with Crippen molar-refractivity contribution in [3.63, 3.8) is 0 Å². The smallest absolute Gasteiger partial charge is 0.409 e. The van der Waals surface area contributed by atoms with Crippen LogP contribution in [-0.4, -0.2) is 54.4 Å². The standard InChI is InChI=1S/C12H22N2O4/c1-3-5-13-10-6-9(11(15)16)7-14(8-10)12(17)18-4-2/h9-10,13H,3-8H2,1-2H3,(H,15,16). The molecule has 0 aromatic heterocycles. The van der Waals surface area contributed by atoms with Crippen LogP contribution in [0.15, 0.2) is 0 Å². The lowest BCUT2D eigenvalue weighted by Crippen LogP contribution is -2.53. The Morgan fingerprint density at radius 2 is 2.11 bits per heavy atom. The molecule has 0 bridgehead atoms. The van der Waals surface area contributed by atoms with E-state index < -0.39 is 18.0 Å². The highest BCUT2D eigenvalue weighted by atomic mass is 16.6. The Bertz CT molecular complexity index is 296. The van der Waals surface area contributed by atoms with Gasteiger partial charge in [0.05, 0.1) is 12.5 Å². The minimum Gasteiger partial charge on any atom is -0.481 e. The number of rotatable bonds is 5. The van der Waals surface area contributed by atoms with Crippen molar-refractivity contribution in [2.24, 2.45) is 5.92 Å². The number of piperidine rings is 1. The van der Waals surface area contributed by atoms with Gasteiger partial charge in [-0.1, -0.05) is 6.92 Å². The van der Waals surface area contributed by atoms with Gasteiger partial charge in [0, 0.05) is 19.1 Å². The molecule has 1 saturated heterocycles. The lowest BCUT2D eigenvalue weighted by Gasteiger charge is -2.35. The van der Waals surface area contributed by atoms with Crippen molar-refractivity contribution < 1.29 is 19.4 Å². The summed E-state index contributed by atoms with van der Waals surface area (Å²) in [6, 6.07) is 0.0317. The zero-order valence-corrected chi connectivity index (χ0v) is 11.0. The van der Waals surface area contributed by atoms with E-state index in [1.54, 1.807) is 6.92 Å². The highest BCUT2D eigenvalue weighted by molar-refractivity contribution is 5.73. The number of amides is 1. The summed E-state index contributed by atoms with van der Waals surface area (Å²) >= 11 is 0. The molecular weight excluding hydrogens is 236 g/mol. The second-order valence-corrected chi connectivity index (χ2v) is 4.53. The molecular formula is C12H22N2O4. The third kappa shape index (κ3) is 4.18. The lowest BCUT2D eigenvalue weighted by atomic mass is 9.94. The van der Waals surface area contributed by atoms with Crippen LogP contribution < -0.4 is 5.32 Å². The predicted octanol–water partition coefficient (Wildman–Crippen LogP) is 0.918. The average Bonchev–Trinajstić information content (AvgIpc) is 2.36. The van der Waals surface area contributed by atoms with Crippen molar-refractivity contribution in [1.29, 1.82) is 0 Å². The Morgan fingerprint density at radius 3 is 2.67 bits per heavy atom. The number of carboxylic acids is 1. The van der Waals surface area contributed by atoms with Crippen molar-refractivity contribution in [1.82, 2.24) is 10.2 Å². The van der Waals surface area contributed by atoms with Crippen molar-refractivity contribution in [2.45, 2.75) is 32.7 Å². The average molecular weight is 258 g/mol. The minimum absolute atomic E-state index is 0.0317. The SMILES string of the molecule is CCCNC1CC(C(=O)O)CN(C(=O)OCC)C1. The summed E-state index contributed by atoms with van der Waals surface area (Å²) in [5.41, 5.74) is 0. The van der Waals surface area contributed by atoms with Crippen LogP contribution in [0.5, 0.6) is 0 Å². The first-order chi connectivity index (χ1) is 8.58. The molecule has 6 heteroatoms. The quantitative estimate of drug-likeness (QED) is 0.766. The van der Waals surface area contributed by atoms with Gasteiger partial charge in [0.15, 0.2) is 0 Å². The highest BCUT2D eigenvalue weighted by Crippen LogP contribution is 2.18. The molecule has 18 heavy (non-hydrogen) atoms. The second kappa shape index (κ2) is 7.20. The van der Waals surface area contributed by atoms with Gasteiger partial charge in [-0.3, -0.25) is 4.79 Å². The first-order valence-electron chi connectivity index (χ1n) is 6.46. The molecule has 0 aromatic carbocycles. The molecule has 1 rings (SSSR count). The summed E-state index contributed by atoms with van der Waals surface area (Å²) < 4.78 is 4.93. The maximum atomic E-state index is 11.7. The second-order valence-electron chi connectivity index (χ2n) is 4.53. The topological polar surface area (TPSA) is 78.9 Å². The third-order valence-corrected chi connectivity index (χ3v) is 3.01. The summed E-state index contributed by atoms with van der Waals surface area (Å²) in [5.74, 6) is -1.37. The van der Waals surface area contributed by atoms with E-state index in [4.69, 9.17) is 9.84 Å². The van der Waals surface area contributed by atoms with Gasteiger partial charge in [-0.05, 0) is 26.3 Å². The fraction of sp³-hybridized carbons (Fsp3) is 0.833. The molecule has 1 amide bonds. The van der Waals surface area contributed by atoms with E-state index in [0.717, 1.165) is 13.0 Å². The Kier molecular flexibility index (Phi) is 5.91. The Morgan fingerprint density at radius 1 is 1.39 bits per heavy atom. The fourth-order valence-corrected chi connectivity index (χ4v) is 2.14. The Labute approximate surface area is 107 Å². The van der Waals surface area contributed by atoms with Gasteiger partial charge >= 0.3 is 12.1 Å². The van der Waals surface area contributed by atoms with E-state index in [2.05, 4.69) is 5.32 Å². The van der Waals surface area contributed by atoms with Crippen LogP contribution in [0.3, 0.4) is 0 Å². The molecule has 2 N–H and O–H groups in total. The van der Waals surface area contributed by atoms with Gasteiger partial charge in [0.25, 0.3) is 0 Å².